The highest BCUT2D eigenvalue weighted by molar-refractivity contribution is 9.10. The van der Waals surface area contributed by atoms with E-state index in [9.17, 15) is 9.59 Å². The molecule has 1 aromatic carbocycles. The largest absolute Gasteiger partial charge is 0.468 e. The Hall–Kier alpha value is -1.40. The van der Waals surface area contributed by atoms with Crippen molar-refractivity contribution in [3.63, 3.8) is 0 Å². The zero-order valence-electron chi connectivity index (χ0n) is 12.3. The molecule has 0 spiro atoms. The van der Waals surface area contributed by atoms with Crippen LogP contribution in [0.4, 0.5) is 5.69 Å². The number of methoxy groups -OCH3 is 1. The van der Waals surface area contributed by atoms with Crippen molar-refractivity contribution in [2.24, 2.45) is 5.92 Å². The number of esters is 1. The van der Waals surface area contributed by atoms with Gasteiger partial charge in [0.25, 0.3) is 0 Å². The maximum absolute atomic E-state index is 12.2. The Labute approximate surface area is 132 Å². The van der Waals surface area contributed by atoms with Crippen LogP contribution in [-0.2, 0) is 14.3 Å². The summed E-state index contributed by atoms with van der Waals surface area (Å²) in [5, 5.41) is 5.96. The first-order chi connectivity index (χ1) is 9.97. The fraction of sp³-hybridized carbons (Fsp3) is 0.467. The monoisotopic (exact) mass is 354 g/mol. The predicted octanol–water partition coefficient (Wildman–Crippen LogP) is 2.62. The lowest BCUT2D eigenvalue weighted by Gasteiger charge is -2.24. The van der Waals surface area contributed by atoms with Gasteiger partial charge < -0.3 is 10.1 Å². The lowest BCUT2D eigenvalue weighted by Crippen LogP contribution is -2.46. The normalized spacial score (nSPS) is 19.6. The quantitative estimate of drug-likeness (QED) is 0.797. The van der Waals surface area contributed by atoms with Gasteiger partial charge in [-0.1, -0.05) is 36.2 Å². The molecule has 0 fully saturated rings. The van der Waals surface area contributed by atoms with E-state index >= 15 is 0 Å². The van der Waals surface area contributed by atoms with Gasteiger partial charge in [0.05, 0.1) is 7.11 Å². The summed E-state index contributed by atoms with van der Waals surface area (Å²) in [6.45, 7) is 3.96. The number of ether oxygens (including phenoxy) is 1. The molecular formula is C15H19BrN2O3. The summed E-state index contributed by atoms with van der Waals surface area (Å²) in [5.74, 6) is -0.428. The smallest absolute Gasteiger partial charge is 0.323 e. The van der Waals surface area contributed by atoms with E-state index in [1.165, 1.54) is 7.11 Å². The van der Waals surface area contributed by atoms with E-state index in [0.29, 0.717) is 0 Å². The van der Waals surface area contributed by atoms with E-state index in [2.05, 4.69) is 26.6 Å². The summed E-state index contributed by atoms with van der Waals surface area (Å²) in [4.78, 5) is 24.1. The van der Waals surface area contributed by atoms with Crippen molar-refractivity contribution >= 4 is 33.5 Å². The average Bonchev–Trinajstić information content (AvgIpc) is 2.78. The highest BCUT2D eigenvalue weighted by Gasteiger charge is 2.36. The Kier molecular flexibility index (Phi) is 5.00. The fourth-order valence-corrected chi connectivity index (χ4v) is 2.78. The van der Waals surface area contributed by atoms with Crippen LogP contribution in [0, 0.1) is 5.92 Å². The Balaban J connectivity index is 2.27. The molecule has 1 aliphatic heterocycles. The first-order valence-corrected chi connectivity index (χ1v) is 7.71. The topological polar surface area (TPSA) is 67.4 Å². The van der Waals surface area contributed by atoms with Crippen molar-refractivity contribution in [3.05, 3.63) is 28.2 Å². The van der Waals surface area contributed by atoms with Gasteiger partial charge in [0.15, 0.2) is 0 Å². The Morgan fingerprint density at radius 1 is 1.52 bits per heavy atom. The average molecular weight is 355 g/mol. The van der Waals surface area contributed by atoms with Crippen LogP contribution in [0.1, 0.15) is 31.9 Å². The SMILES string of the molecule is CCC(C)C(NC1C(=O)Nc2ccc(Br)cc21)C(=O)OC. The number of hydrogen-bond acceptors (Lipinski definition) is 4. The zero-order valence-corrected chi connectivity index (χ0v) is 13.9. The second kappa shape index (κ2) is 6.58. The van der Waals surface area contributed by atoms with E-state index in [0.717, 1.165) is 22.1 Å². The molecule has 21 heavy (non-hydrogen) atoms. The third kappa shape index (κ3) is 3.27. The van der Waals surface area contributed by atoms with Gasteiger partial charge in [-0.2, -0.15) is 0 Å². The molecule has 3 unspecified atom stereocenters. The molecule has 0 saturated carbocycles. The van der Waals surface area contributed by atoms with Crippen LogP contribution in [0.3, 0.4) is 0 Å². The van der Waals surface area contributed by atoms with Gasteiger partial charge in [-0.25, -0.2) is 0 Å². The number of benzene rings is 1. The van der Waals surface area contributed by atoms with Crippen LogP contribution in [0.15, 0.2) is 22.7 Å². The number of rotatable bonds is 5. The summed E-state index contributed by atoms with van der Waals surface area (Å²) in [5.41, 5.74) is 1.61. The van der Waals surface area contributed by atoms with Crippen LogP contribution in [0.5, 0.6) is 0 Å². The predicted molar refractivity (Wildman–Crippen MR) is 83.9 cm³/mol. The Morgan fingerprint density at radius 3 is 2.86 bits per heavy atom. The number of fused-ring (bicyclic) bond motifs is 1. The highest BCUT2D eigenvalue weighted by Crippen LogP contribution is 2.33. The van der Waals surface area contributed by atoms with Crippen molar-refractivity contribution in [2.45, 2.75) is 32.4 Å². The van der Waals surface area contributed by atoms with Crippen LogP contribution in [0.2, 0.25) is 0 Å². The number of carbonyl (C=O) groups excluding carboxylic acids is 2. The van der Waals surface area contributed by atoms with Crippen LogP contribution in [0.25, 0.3) is 0 Å². The number of hydrogen-bond donors (Lipinski definition) is 2. The zero-order chi connectivity index (χ0) is 15.6. The van der Waals surface area contributed by atoms with E-state index < -0.39 is 12.1 Å². The molecule has 1 amide bonds. The summed E-state index contributed by atoms with van der Waals surface area (Å²) in [7, 11) is 1.36. The molecule has 0 aliphatic carbocycles. The molecule has 0 bridgehead atoms. The summed E-state index contributed by atoms with van der Waals surface area (Å²) >= 11 is 3.41. The molecule has 6 heteroatoms. The van der Waals surface area contributed by atoms with Crippen molar-refractivity contribution < 1.29 is 14.3 Å². The molecule has 0 aromatic heterocycles. The summed E-state index contributed by atoms with van der Waals surface area (Å²) < 4.78 is 5.74. The van der Waals surface area contributed by atoms with Gasteiger partial charge in [0, 0.05) is 15.7 Å². The first kappa shape index (κ1) is 16.0. The van der Waals surface area contributed by atoms with Crippen LogP contribution in [-0.4, -0.2) is 25.0 Å². The number of anilines is 1. The number of amides is 1. The molecule has 0 radical (unpaired) electrons. The molecule has 0 saturated heterocycles. The second-order valence-electron chi connectivity index (χ2n) is 5.21. The minimum absolute atomic E-state index is 0.0708. The molecule has 2 N–H and O–H groups in total. The maximum Gasteiger partial charge on any atom is 0.323 e. The molecule has 5 nitrogen and oxygen atoms in total. The fourth-order valence-electron chi connectivity index (χ4n) is 2.40. The van der Waals surface area contributed by atoms with Gasteiger partial charge in [-0.3, -0.25) is 14.9 Å². The molecule has 2 rings (SSSR count). The number of nitrogens with one attached hydrogen (secondary N) is 2. The number of carbonyl (C=O) groups is 2. The molecule has 1 aliphatic rings. The standard InChI is InChI=1S/C15H19BrN2O3/c1-4-8(2)12(15(20)21-3)18-13-10-7-9(16)5-6-11(10)17-14(13)19/h5-8,12-13,18H,4H2,1-3H3,(H,17,19). The minimum atomic E-state index is -0.546. The molecular weight excluding hydrogens is 336 g/mol. The van der Waals surface area contributed by atoms with E-state index in [-0.39, 0.29) is 17.8 Å². The van der Waals surface area contributed by atoms with E-state index in [4.69, 9.17) is 4.74 Å². The Bertz CT molecular complexity index is 562. The Morgan fingerprint density at radius 2 is 2.24 bits per heavy atom. The van der Waals surface area contributed by atoms with E-state index in [1.54, 1.807) is 0 Å². The maximum atomic E-state index is 12.2. The van der Waals surface area contributed by atoms with Gasteiger partial charge in [0.2, 0.25) is 5.91 Å². The summed E-state index contributed by atoms with van der Waals surface area (Å²) in [6.07, 6.45) is 0.812. The van der Waals surface area contributed by atoms with Gasteiger partial charge in [-0.05, 0) is 24.1 Å². The lowest BCUT2D eigenvalue weighted by molar-refractivity contribution is -0.145. The first-order valence-electron chi connectivity index (χ1n) is 6.92. The van der Waals surface area contributed by atoms with Gasteiger partial charge in [-0.15, -0.1) is 0 Å². The third-order valence-electron chi connectivity index (χ3n) is 3.86. The number of halogens is 1. The molecule has 1 aromatic rings. The highest BCUT2D eigenvalue weighted by atomic mass is 79.9. The van der Waals surface area contributed by atoms with Gasteiger partial charge in [0.1, 0.15) is 12.1 Å². The third-order valence-corrected chi connectivity index (χ3v) is 4.35. The molecule has 1 heterocycles. The van der Waals surface area contributed by atoms with E-state index in [1.807, 2.05) is 32.0 Å². The molecule has 3 atom stereocenters. The summed E-state index contributed by atoms with van der Waals surface area (Å²) in [6, 6.07) is 4.54. The van der Waals surface area contributed by atoms with Crippen LogP contribution >= 0.6 is 15.9 Å². The van der Waals surface area contributed by atoms with Gasteiger partial charge >= 0.3 is 5.97 Å². The second-order valence-corrected chi connectivity index (χ2v) is 6.12. The van der Waals surface area contributed by atoms with Crippen molar-refractivity contribution in [2.75, 3.05) is 12.4 Å². The lowest BCUT2D eigenvalue weighted by atomic mass is 9.97. The van der Waals surface area contributed by atoms with Crippen molar-refractivity contribution in [1.82, 2.24) is 5.32 Å². The van der Waals surface area contributed by atoms with Crippen LogP contribution < -0.4 is 10.6 Å². The molecule has 114 valence electrons. The van der Waals surface area contributed by atoms with Crippen molar-refractivity contribution in [1.29, 1.82) is 0 Å². The van der Waals surface area contributed by atoms with Crippen molar-refractivity contribution in [3.8, 4) is 0 Å². The minimum Gasteiger partial charge on any atom is -0.468 e.